The predicted octanol–water partition coefficient (Wildman–Crippen LogP) is 3.11. The number of nitrogens with zero attached hydrogens (tertiary/aromatic N) is 1. The van der Waals surface area contributed by atoms with Crippen molar-refractivity contribution in [3.8, 4) is 11.5 Å². The number of likely N-dealkylation sites (N-methyl/N-ethyl adjacent to an activating group) is 1. The third-order valence-corrected chi connectivity index (χ3v) is 4.32. The van der Waals surface area contributed by atoms with E-state index in [1.807, 2.05) is 24.3 Å². The molecule has 6 heteroatoms. The average molecular weight is 333 g/mol. The molecule has 0 atom stereocenters. The van der Waals surface area contributed by atoms with E-state index in [0.717, 1.165) is 0 Å². The molecule has 0 aliphatic carbocycles. The molecule has 1 amide bonds. The molecular weight excluding hydrogens is 314 g/mol. The smallest absolute Gasteiger partial charge is 0.254 e. The molecule has 1 aromatic heterocycles. The number of carbonyl (C=O) groups is 2. The zero-order valence-electron chi connectivity index (χ0n) is 13.4. The van der Waals surface area contributed by atoms with Crippen molar-refractivity contribution in [1.82, 2.24) is 4.90 Å². The summed E-state index contributed by atoms with van der Waals surface area (Å²) in [5.41, 5.74) is 0.528. The first-order valence-electron chi connectivity index (χ1n) is 7.13. The van der Waals surface area contributed by atoms with Gasteiger partial charge in [-0.2, -0.15) is 0 Å². The Hall–Kier alpha value is -2.34. The first-order valence-corrected chi connectivity index (χ1v) is 8.01. The van der Waals surface area contributed by atoms with Crippen LogP contribution in [0.25, 0.3) is 0 Å². The van der Waals surface area contributed by atoms with Crippen molar-refractivity contribution in [1.29, 1.82) is 0 Å². The Morgan fingerprint density at radius 1 is 1.22 bits per heavy atom. The average Bonchev–Trinajstić information content (AvgIpc) is 3.04. The first kappa shape index (κ1) is 17.0. The normalized spacial score (nSPS) is 10.2. The second kappa shape index (κ2) is 7.78. The molecule has 0 unspecified atom stereocenters. The number of carbonyl (C=O) groups excluding carboxylic acids is 2. The third kappa shape index (κ3) is 4.32. The van der Waals surface area contributed by atoms with Crippen molar-refractivity contribution >= 4 is 23.0 Å². The third-order valence-electron chi connectivity index (χ3n) is 3.29. The molecule has 5 nitrogen and oxygen atoms in total. The molecule has 0 bridgehead atoms. The Morgan fingerprint density at radius 2 is 1.91 bits per heavy atom. The van der Waals surface area contributed by atoms with Crippen LogP contribution in [0.15, 0.2) is 35.7 Å². The lowest BCUT2D eigenvalue weighted by Gasteiger charge is -2.17. The molecule has 0 spiro atoms. The minimum Gasteiger partial charge on any atom is -0.493 e. The Balaban J connectivity index is 1.90. The summed E-state index contributed by atoms with van der Waals surface area (Å²) >= 11 is 1.28. The van der Waals surface area contributed by atoms with Crippen molar-refractivity contribution in [3.63, 3.8) is 0 Å². The molecule has 0 radical (unpaired) electrons. The maximum atomic E-state index is 12.3. The van der Waals surface area contributed by atoms with Gasteiger partial charge in [0.15, 0.2) is 17.3 Å². The summed E-state index contributed by atoms with van der Waals surface area (Å²) in [5.74, 6) is 1.14. The number of hydrogen-bond acceptors (Lipinski definition) is 5. The zero-order chi connectivity index (χ0) is 16.8. The van der Waals surface area contributed by atoms with E-state index >= 15 is 0 Å². The number of amides is 1. The predicted molar refractivity (Wildman–Crippen MR) is 89.8 cm³/mol. The van der Waals surface area contributed by atoms with E-state index in [2.05, 4.69) is 0 Å². The number of rotatable bonds is 7. The number of ketones is 1. The molecule has 0 aliphatic rings. The quantitative estimate of drug-likeness (QED) is 0.731. The summed E-state index contributed by atoms with van der Waals surface area (Å²) in [6.45, 7) is 2.28. The highest BCUT2D eigenvalue weighted by atomic mass is 32.1. The summed E-state index contributed by atoms with van der Waals surface area (Å²) in [7, 11) is 3.29. The van der Waals surface area contributed by atoms with Crippen LogP contribution in [0.3, 0.4) is 0 Å². The fourth-order valence-electron chi connectivity index (χ4n) is 1.99. The van der Waals surface area contributed by atoms with Crippen LogP contribution in [0.2, 0.25) is 0 Å². The van der Waals surface area contributed by atoms with E-state index in [1.165, 1.54) is 18.3 Å². The van der Waals surface area contributed by atoms with Gasteiger partial charge >= 0.3 is 0 Å². The number of benzene rings is 1. The second-order valence-corrected chi connectivity index (χ2v) is 5.89. The standard InChI is InChI=1S/C17H19NO4S/c1-12(19)16-10-13(11-23-16)17(20)18(2)8-9-22-15-7-5-4-6-14(15)21-3/h4-7,10-11H,8-9H2,1-3H3. The summed E-state index contributed by atoms with van der Waals surface area (Å²) in [6, 6.07) is 9.00. The largest absolute Gasteiger partial charge is 0.493 e. The van der Waals surface area contributed by atoms with Gasteiger partial charge in [0, 0.05) is 12.4 Å². The molecule has 0 saturated carbocycles. The molecule has 122 valence electrons. The molecule has 2 aromatic rings. The van der Waals surface area contributed by atoms with Gasteiger partial charge in [0.1, 0.15) is 6.61 Å². The molecule has 0 aliphatic heterocycles. The van der Waals surface area contributed by atoms with E-state index in [1.54, 1.807) is 30.5 Å². The minimum absolute atomic E-state index is 0.0313. The highest BCUT2D eigenvalue weighted by molar-refractivity contribution is 7.12. The van der Waals surface area contributed by atoms with E-state index in [-0.39, 0.29) is 11.7 Å². The van der Waals surface area contributed by atoms with Crippen LogP contribution in [0.1, 0.15) is 27.0 Å². The number of para-hydroxylation sites is 2. The number of methoxy groups -OCH3 is 1. The molecular formula is C17H19NO4S. The van der Waals surface area contributed by atoms with Crippen LogP contribution in [-0.4, -0.2) is 43.9 Å². The first-order chi connectivity index (χ1) is 11.0. The van der Waals surface area contributed by atoms with E-state index in [4.69, 9.17) is 9.47 Å². The van der Waals surface area contributed by atoms with Crippen LogP contribution < -0.4 is 9.47 Å². The molecule has 1 aromatic carbocycles. The van der Waals surface area contributed by atoms with Gasteiger partial charge in [0.25, 0.3) is 5.91 Å². The van der Waals surface area contributed by atoms with E-state index in [9.17, 15) is 9.59 Å². The molecule has 0 saturated heterocycles. The lowest BCUT2D eigenvalue weighted by atomic mass is 10.2. The van der Waals surface area contributed by atoms with Crippen molar-refractivity contribution < 1.29 is 19.1 Å². The Morgan fingerprint density at radius 3 is 2.52 bits per heavy atom. The monoisotopic (exact) mass is 333 g/mol. The maximum absolute atomic E-state index is 12.3. The Kier molecular flexibility index (Phi) is 5.76. The number of Topliss-reactive ketones (excluding diaryl/α,β-unsaturated/α-hetero) is 1. The topological polar surface area (TPSA) is 55.8 Å². The minimum atomic E-state index is -0.127. The number of ether oxygens (including phenoxy) is 2. The highest BCUT2D eigenvalue weighted by Crippen LogP contribution is 2.25. The lowest BCUT2D eigenvalue weighted by Crippen LogP contribution is -2.30. The Labute approximate surface area is 139 Å². The van der Waals surface area contributed by atoms with Gasteiger partial charge in [-0.3, -0.25) is 9.59 Å². The second-order valence-electron chi connectivity index (χ2n) is 4.98. The van der Waals surface area contributed by atoms with Gasteiger partial charge in [-0.05, 0) is 25.1 Å². The zero-order valence-corrected chi connectivity index (χ0v) is 14.2. The van der Waals surface area contributed by atoms with Gasteiger partial charge in [0.05, 0.1) is 24.1 Å². The summed E-state index contributed by atoms with van der Waals surface area (Å²) in [4.78, 5) is 25.7. The SMILES string of the molecule is COc1ccccc1OCCN(C)C(=O)c1csc(C(C)=O)c1. The summed E-state index contributed by atoms with van der Waals surface area (Å²) in [6.07, 6.45) is 0. The molecule has 23 heavy (non-hydrogen) atoms. The lowest BCUT2D eigenvalue weighted by molar-refractivity contribution is 0.0773. The number of hydrogen-bond donors (Lipinski definition) is 0. The fraction of sp³-hybridized carbons (Fsp3) is 0.294. The van der Waals surface area contributed by atoms with Gasteiger partial charge in [-0.15, -0.1) is 11.3 Å². The van der Waals surface area contributed by atoms with Crippen molar-refractivity contribution in [2.45, 2.75) is 6.92 Å². The van der Waals surface area contributed by atoms with E-state index in [0.29, 0.717) is 35.1 Å². The van der Waals surface area contributed by atoms with Crippen LogP contribution in [0.4, 0.5) is 0 Å². The van der Waals surface area contributed by atoms with Crippen molar-refractivity contribution in [2.24, 2.45) is 0 Å². The van der Waals surface area contributed by atoms with Gasteiger partial charge in [-0.1, -0.05) is 12.1 Å². The summed E-state index contributed by atoms with van der Waals surface area (Å²) < 4.78 is 10.9. The van der Waals surface area contributed by atoms with Crippen LogP contribution in [-0.2, 0) is 0 Å². The highest BCUT2D eigenvalue weighted by Gasteiger charge is 2.15. The maximum Gasteiger partial charge on any atom is 0.254 e. The van der Waals surface area contributed by atoms with Crippen LogP contribution in [0.5, 0.6) is 11.5 Å². The van der Waals surface area contributed by atoms with Gasteiger partial charge in [0.2, 0.25) is 0 Å². The van der Waals surface area contributed by atoms with Gasteiger partial charge < -0.3 is 14.4 Å². The van der Waals surface area contributed by atoms with Crippen molar-refractivity contribution in [3.05, 3.63) is 46.2 Å². The molecule has 0 N–H and O–H groups in total. The molecule has 2 rings (SSSR count). The molecule has 1 heterocycles. The number of thiophene rings is 1. The molecule has 0 fully saturated rings. The van der Waals surface area contributed by atoms with Crippen LogP contribution in [0, 0.1) is 0 Å². The Bertz CT molecular complexity index is 695. The fourth-order valence-corrected chi connectivity index (χ4v) is 2.77. The van der Waals surface area contributed by atoms with Crippen LogP contribution >= 0.6 is 11.3 Å². The van der Waals surface area contributed by atoms with E-state index < -0.39 is 0 Å². The van der Waals surface area contributed by atoms with Gasteiger partial charge in [-0.25, -0.2) is 0 Å². The van der Waals surface area contributed by atoms with Crippen molar-refractivity contribution in [2.75, 3.05) is 27.3 Å². The summed E-state index contributed by atoms with van der Waals surface area (Å²) in [5, 5.41) is 1.71.